The molecule has 3 N–H and O–H groups in total. The van der Waals surface area contributed by atoms with E-state index in [0.29, 0.717) is 40.7 Å². The van der Waals surface area contributed by atoms with Crippen molar-refractivity contribution in [2.75, 3.05) is 23.7 Å². The van der Waals surface area contributed by atoms with E-state index in [1.807, 2.05) is 55.5 Å². The number of fused-ring (bicyclic) bond motifs is 1. The van der Waals surface area contributed by atoms with Gasteiger partial charge in [0.2, 0.25) is 11.8 Å². The first-order chi connectivity index (χ1) is 19.7. The minimum atomic E-state index is -0.277. The number of hydrogen-bond donors (Lipinski definition) is 3. The molecule has 200 valence electrons. The van der Waals surface area contributed by atoms with Gasteiger partial charge in [0.25, 0.3) is 5.91 Å². The summed E-state index contributed by atoms with van der Waals surface area (Å²) in [6, 6.07) is 20.9. The summed E-state index contributed by atoms with van der Waals surface area (Å²) in [7, 11) is 0. The second-order valence-corrected chi connectivity index (χ2v) is 9.69. The molecule has 0 radical (unpaired) electrons. The molecule has 0 spiro atoms. The highest BCUT2D eigenvalue weighted by atomic mass is 16.5. The molecule has 1 atom stereocenters. The molecule has 1 fully saturated rings. The first-order valence-electron chi connectivity index (χ1n) is 13.3. The lowest BCUT2D eigenvalue weighted by Gasteiger charge is -2.23. The van der Waals surface area contributed by atoms with Crippen molar-refractivity contribution in [1.82, 2.24) is 25.3 Å². The molecule has 1 aliphatic heterocycles. The molecule has 9 heteroatoms. The van der Waals surface area contributed by atoms with Crippen LogP contribution >= 0.6 is 0 Å². The van der Waals surface area contributed by atoms with Crippen molar-refractivity contribution >= 4 is 28.3 Å². The molecule has 1 saturated heterocycles. The number of piperidine rings is 1. The van der Waals surface area contributed by atoms with Crippen LogP contribution in [-0.2, 0) is 0 Å². The molecule has 3 aromatic heterocycles. The first kappa shape index (κ1) is 25.4. The van der Waals surface area contributed by atoms with E-state index >= 15 is 0 Å². The predicted octanol–water partition coefficient (Wildman–Crippen LogP) is 5.60. The van der Waals surface area contributed by atoms with Crippen LogP contribution in [0.25, 0.3) is 22.0 Å². The van der Waals surface area contributed by atoms with Crippen LogP contribution in [0.5, 0.6) is 11.6 Å². The summed E-state index contributed by atoms with van der Waals surface area (Å²) in [4.78, 5) is 30.7. The van der Waals surface area contributed by atoms with Crippen LogP contribution in [-0.4, -0.2) is 45.0 Å². The van der Waals surface area contributed by atoms with Gasteiger partial charge in [-0.05, 0) is 68.3 Å². The lowest BCUT2D eigenvalue weighted by Crippen LogP contribution is -2.38. The number of ether oxygens (including phenoxy) is 1. The van der Waals surface area contributed by atoms with Gasteiger partial charge in [0.15, 0.2) is 0 Å². The number of benzene rings is 2. The highest BCUT2D eigenvalue weighted by Crippen LogP contribution is 2.38. The zero-order chi connectivity index (χ0) is 27.3. The maximum absolute atomic E-state index is 12.8. The third-order valence-electron chi connectivity index (χ3n) is 6.89. The van der Waals surface area contributed by atoms with Gasteiger partial charge in [-0.15, -0.1) is 0 Å². The summed E-state index contributed by atoms with van der Waals surface area (Å²) in [5.41, 5.74) is 3.42. The zero-order valence-corrected chi connectivity index (χ0v) is 22.1. The lowest BCUT2D eigenvalue weighted by molar-refractivity contribution is 0.102. The van der Waals surface area contributed by atoms with Crippen molar-refractivity contribution < 1.29 is 9.53 Å². The molecule has 0 unspecified atom stereocenters. The number of nitrogens with one attached hydrogen (secondary N) is 3. The van der Waals surface area contributed by atoms with Crippen LogP contribution < -0.4 is 20.7 Å². The number of nitrogens with zero attached hydrogens (tertiary/aromatic N) is 4. The van der Waals surface area contributed by atoms with E-state index < -0.39 is 0 Å². The normalized spacial score (nSPS) is 15.0. The fraction of sp³-hybridized carbons (Fsp3) is 0.194. The molecule has 0 saturated carbocycles. The lowest BCUT2D eigenvalue weighted by atomic mass is 10.0. The summed E-state index contributed by atoms with van der Waals surface area (Å²) >= 11 is 0. The van der Waals surface area contributed by atoms with Gasteiger partial charge >= 0.3 is 0 Å². The molecule has 40 heavy (non-hydrogen) atoms. The van der Waals surface area contributed by atoms with Crippen molar-refractivity contribution in [3.05, 3.63) is 96.6 Å². The number of aromatic nitrogens is 4. The van der Waals surface area contributed by atoms with E-state index in [0.717, 1.165) is 47.8 Å². The number of anilines is 2. The number of rotatable bonds is 7. The number of hydrogen-bond acceptors (Lipinski definition) is 8. The summed E-state index contributed by atoms with van der Waals surface area (Å²) in [5, 5.41) is 11.5. The first-order valence-corrected chi connectivity index (χ1v) is 13.3. The van der Waals surface area contributed by atoms with Crippen molar-refractivity contribution in [1.29, 1.82) is 0 Å². The van der Waals surface area contributed by atoms with Crippen molar-refractivity contribution in [2.24, 2.45) is 0 Å². The number of pyridine rings is 2. The minimum Gasteiger partial charge on any atom is -0.437 e. The van der Waals surface area contributed by atoms with E-state index in [-0.39, 0.29) is 5.91 Å². The molecule has 1 aliphatic rings. The van der Waals surface area contributed by atoms with Gasteiger partial charge in [0.05, 0.1) is 11.3 Å². The highest BCUT2D eigenvalue weighted by Gasteiger charge is 2.18. The van der Waals surface area contributed by atoms with E-state index in [1.165, 1.54) is 0 Å². The van der Waals surface area contributed by atoms with E-state index in [9.17, 15) is 4.79 Å². The Hall–Kier alpha value is -4.89. The van der Waals surface area contributed by atoms with Crippen molar-refractivity contribution in [2.45, 2.75) is 25.8 Å². The summed E-state index contributed by atoms with van der Waals surface area (Å²) < 4.78 is 6.52. The Balaban J connectivity index is 1.32. The number of aryl methyl sites for hydroxylation is 1. The van der Waals surface area contributed by atoms with Gasteiger partial charge in [-0.1, -0.05) is 30.3 Å². The zero-order valence-electron chi connectivity index (χ0n) is 22.1. The van der Waals surface area contributed by atoms with Crippen molar-refractivity contribution in [3.8, 4) is 22.9 Å². The van der Waals surface area contributed by atoms with Gasteiger partial charge in [0.1, 0.15) is 11.4 Å². The molecule has 5 aromatic rings. The van der Waals surface area contributed by atoms with E-state index in [4.69, 9.17) is 9.72 Å². The van der Waals surface area contributed by atoms with Crippen LogP contribution in [0.1, 0.15) is 28.9 Å². The molecule has 0 bridgehead atoms. The average molecular weight is 532 g/mol. The SMILES string of the molecule is Cc1ccc2c(NC(=O)c3ccccn3)cccc2c1Oc1ncccc1-c1ccnc(N[C@H]2CCCNC2)n1. The molecular formula is C31H29N7O2. The Morgan fingerprint density at radius 1 is 0.925 bits per heavy atom. The Morgan fingerprint density at radius 2 is 1.85 bits per heavy atom. The van der Waals surface area contributed by atoms with Crippen LogP contribution in [0.2, 0.25) is 0 Å². The summed E-state index contributed by atoms with van der Waals surface area (Å²) in [6.07, 6.45) is 7.24. The van der Waals surface area contributed by atoms with Crippen LogP contribution in [0.15, 0.2) is 85.3 Å². The third-order valence-corrected chi connectivity index (χ3v) is 6.89. The average Bonchev–Trinajstić information content (AvgIpc) is 3.00. The Morgan fingerprint density at radius 3 is 2.70 bits per heavy atom. The molecular weight excluding hydrogens is 502 g/mol. The molecule has 9 nitrogen and oxygen atoms in total. The van der Waals surface area contributed by atoms with E-state index in [2.05, 4.69) is 30.9 Å². The monoisotopic (exact) mass is 531 g/mol. The standard InChI is InChI=1S/C31H29N7O2/c1-20-12-13-22-23(8-4-11-25(22)37-29(39)27-10-2-3-16-33-27)28(20)40-30-24(9-6-17-34-30)26-14-18-35-31(38-26)36-21-7-5-15-32-19-21/h2-4,6,8-14,16-18,21,32H,5,7,15,19H2,1H3,(H,37,39)(H,35,36,38)/t21-/m0/s1. The fourth-order valence-electron chi connectivity index (χ4n) is 4.87. The van der Waals surface area contributed by atoms with Crippen LogP contribution in [0.4, 0.5) is 11.6 Å². The summed E-state index contributed by atoms with van der Waals surface area (Å²) in [5.74, 6) is 1.40. The Labute approximate surface area is 232 Å². The maximum atomic E-state index is 12.8. The number of carbonyl (C=O) groups excluding carboxylic acids is 1. The predicted molar refractivity (Wildman–Crippen MR) is 156 cm³/mol. The number of amides is 1. The quantitative estimate of drug-likeness (QED) is 0.249. The van der Waals surface area contributed by atoms with E-state index in [1.54, 1.807) is 36.8 Å². The third kappa shape index (κ3) is 5.45. The maximum Gasteiger partial charge on any atom is 0.274 e. The van der Waals surface area contributed by atoms with Crippen LogP contribution in [0, 0.1) is 6.92 Å². The van der Waals surface area contributed by atoms with Crippen LogP contribution in [0.3, 0.4) is 0 Å². The van der Waals surface area contributed by atoms with Gasteiger partial charge in [-0.25, -0.2) is 15.0 Å². The number of carbonyl (C=O) groups is 1. The molecule has 1 amide bonds. The van der Waals surface area contributed by atoms with Gasteiger partial charge in [-0.2, -0.15) is 0 Å². The minimum absolute atomic E-state index is 0.277. The highest BCUT2D eigenvalue weighted by molar-refractivity contribution is 6.09. The molecule has 6 rings (SSSR count). The van der Waals surface area contributed by atoms with Gasteiger partial charge in [-0.3, -0.25) is 9.78 Å². The smallest absolute Gasteiger partial charge is 0.274 e. The Bertz CT molecular complexity index is 1650. The van der Waals surface area contributed by atoms with Gasteiger partial charge < -0.3 is 20.7 Å². The second kappa shape index (κ2) is 11.5. The van der Waals surface area contributed by atoms with Gasteiger partial charge in [0, 0.05) is 47.6 Å². The molecule has 2 aromatic carbocycles. The summed E-state index contributed by atoms with van der Waals surface area (Å²) in [6.45, 7) is 3.92. The van der Waals surface area contributed by atoms with Crippen molar-refractivity contribution in [3.63, 3.8) is 0 Å². The Kier molecular flexibility index (Phi) is 7.28. The largest absolute Gasteiger partial charge is 0.437 e. The second-order valence-electron chi connectivity index (χ2n) is 9.69. The molecule has 0 aliphatic carbocycles. The molecule has 4 heterocycles. The topological polar surface area (TPSA) is 114 Å². The fourth-order valence-corrected chi connectivity index (χ4v) is 4.87.